The third-order valence-electron chi connectivity index (χ3n) is 2.78. The molecule has 0 amide bonds. The maximum Gasteiger partial charge on any atom is 0.104 e. The molecule has 2 aromatic rings. The van der Waals surface area contributed by atoms with Crippen LogP contribution in [0.5, 0.6) is 0 Å². The van der Waals surface area contributed by atoms with Gasteiger partial charge in [0, 0.05) is 0 Å². The van der Waals surface area contributed by atoms with Gasteiger partial charge in [-0.3, -0.25) is 0 Å². The number of H-pyrrole nitrogens is 1. The summed E-state index contributed by atoms with van der Waals surface area (Å²) in [4.78, 5) is 7.62. The number of imidazole rings is 1. The van der Waals surface area contributed by atoms with Crippen LogP contribution in [0.3, 0.4) is 0 Å². The van der Waals surface area contributed by atoms with E-state index in [0.29, 0.717) is 0 Å². The van der Waals surface area contributed by atoms with E-state index >= 15 is 0 Å². The Morgan fingerprint density at radius 2 is 2.27 bits per heavy atom. The van der Waals surface area contributed by atoms with Gasteiger partial charge in [0.2, 0.25) is 0 Å². The smallest absolute Gasteiger partial charge is 0.104 e. The van der Waals surface area contributed by atoms with Crippen LogP contribution in [0.2, 0.25) is 0 Å². The molecule has 3 rings (SSSR count). The van der Waals surface area contributed by atoms with Crippen LogP contribution in [-0.4, -0.2) is 23.2 Å². The van der Waals surface area contributed by atoms with Crippen molar-refractivity contribution in [2.24, 2.45) is 0 Å². The number of alkyl halides is 1. The fourth-order valence-electron chi connectivity index (χ4n) is 1.86. The summed E-state index contributed by atoms with van der Waals surface area (Å²) >= 11 is 3.71. The summed E-state index contributed by atoms with van der Waals surface area (Å²) < 4.78 is 5.25. The van der Waals surface area contributed by atoms with Crippen LogP contribution in [0, 0.1) is 6.92 Å². The minimum atomic E-state index is 0.0141. The normalized spacial score (nSPS) is 19.1. The standard InChI is InChI=1S/C11H11BrN2O/c1-7-13-9-3-2-8(4-10(9)14-7)11(12)5-15-6-11/h2-4H,5-6H2,1H3,(H,13,14). The first kappa shape index (κ1) is 9.36. The fourth-order valence-corrected chi connectivity index (χ4v) is 2.43. The molecule has 0 unspecified atom stereocenters. The number of rotatable bonds is 1. The molecule has 1 saturated heterocycles. The second kappa shape index (κ2) is 3.06. The van der Waals surface area contributed by atoms with Gasteiger partial charge in [0.15, 0.2) is 0 Å². The number of benzene rings is 1. The largest absolute Gasteiger partial charge is 0.378 e. The highest BCUT2D eigenvalue weighted by Crippen LogP contribution is 2.39. The van der Waals surface area contributed by atoms with Gasteiger partial charge in [-0.25, -0.2) is 4.98 Å². The number of halogens is 1. The highest BCUT2D eigenvalue weighted by atomic mass is 79.9. The molecular weight excluding hydrogens is 256 g/mol. The molecule has 1 aliphatic heterocycles. The monoisotopic (exact) mass is 266 g/mol. The lowest BCUT2D eigenvalue weighted by Gasteiger charge is -2.36. The SMILES string of the molecule is Cc1nc2ccc(C3(Br)COC3)cc2[nH]1. The molecule has 0 radical (unpaired) electrons. The number of fused-ring (bicyclic) bond motifs is 1. The van der Waals surface area contributed by atoms with Crippen molar-refractivity contribution in [1.82, 2.24) is 9.97 Å². The summed E-state index contributed by atoms with van der Waals surface area (Å²) in [6.45, 7) is 3.45. The molecule has 0 atom stereocenters. The highest BCUT2D eigenvalue weighted by Gasteiger charge is 2.37. The van der Waals surface area contributed by atoms with E-state index in [1.54, 1.807) is 0 Å². The number of aromatic nitrogens is 2. The number of nitrogens with one attached hydrogen (secondary N) is 1. The first-order valence-corrected chi connectivity index (χ1v) is 5.70. The van der Waals surface area contributed by atoms with Crippen LogP contribution in [0.25, 0.3) is 11.0 Å². The highest BCUT2D eigenvalue weighted by molar-refractivity contribution is 9.09. The minimum absolute atomic E-state index is 0.0141. The molecule has 0 bridgehead atoms. The first-order chi connectivity index (χ1) is 7.17. The third kappa shape index (κ3) is 1.40. The van der Waals surface area contributed by atoms with Crippen molar-refractivity contribution in [3.05, 3.63) is 29.6 Å². The fraction of sp³-hybridized carbons (Fsp3) is 0.364. The summed E-state index contributed by atoms with van der Waals surface area (Å²) in [5, 5.41) is 0. The Morgan fingerprint density at radius 1 is 1.47 bits per heavy atom. The van der Waals surface area contributed by atoms with Gasteiger partial charge in [0.25, 0.3) is 0 Å². The Labute approximate surface area is 96.0 Å². The lowest BCUT2D eigenvalue weighted by atomic mass is 9.97. The van der Waals surface area contributed by atoms with Gasteiger partial charge < -0.3 is 9.72 Å². The number of ether oxygens (including phenoxy) is 1. The van der Waals surface area contributed by atoms with Crippen LogP contribution in [0.15, 0.2) is 18.2 Å². The van der Waals surface area contributed by atoms with Crippen LogP contribution in [-0.2, 0) is 9.06 Å². The summed E-state index contributed by atoms with van der Waals surface area (Å²) in [5.41, 5.74) is 3.37. The Balaban J connectivity index is 2.13. The first-order valence-electron chi connectivity index (χ1n) is 4.91. The van der Waals surface area contributed by atoms with Crippen molar-refractivity contribution >= 4 is 27.0 Å². The number of nitrogens with zero attached hydrogens (tertiary/aromatic N) is 1. The Kier molecular flexibility index (Phi) is 1.91. The van der Waals surface area contributed by atoms with Crippen molar-refractivity contribution < 1.29 is 4.74 Å². The van der Waals surface area contributed by atoms with Gasteiger partial charge in [-0.15, -0.1) is 0 Å². The molecule has 15 heavy (non-hydrogen) atoms. The van der Waals surface area contributed by atoms with E-state index in [-0.39, 0.29) is 4.32 Å². The van der Waals surface area contributed by atoms with Crippen LogP contribution >= 0.6 is 15.9 Å². The Morgan fingerprint density at radius 3 is 2.93 bits per heavy atom. The average molecular weight is 267 g/mol. The minimum Gasteiger partial charge on any atom is -0.378 e. The van der Waals surface area contributed by atoms with Crippen LogP contribution in [0.4, 0.5) is 0 Å². The molecule has 1 fully saturated rings. The summed E-state index contributed by atoms with van der Waals surface area (Å²) in [6.07, 6.45) is 0. The van der Waals surface area contributed by atoms with E-state index in [9.17, 15) is 0 Å². The van der Waals surface area contributed by atoms with Crippen LogP contribution < -0.4 is 0 Å². The second-order valence-electron chi connectivity index (χ2n) is 4.01. The molecule has 0 aliphatic carbocycles. The van der Waals surface area contributed by atoms with Crippen LogP contribution in [0.1, 0.15) is 11.4 Å². The average Bonchev–Trinajstić information content (AvgIpc) is 2.53. The van der Waals surface area contributed by atoms with E-state index in [0.717, 1.165) is 30.1 Å². The van der Waals surface area contributed by atoms with E-state index in [1.165, 1.54) is 5.56 Å². The maximum absolute atomic E-state index is 5.24. The number of hydrogen-bond donors (Lipinski definition) is 1. The molecule has 0 spiro atoms. The molecule has 1 aromatic heterocycles. The molecule has 2 heterocycles. The Hall–Kier alpha value is -0.870. The van der Waals surface area contributed by atoms with E-state index in [1.807, 2.05) is 6.92 Å². The quantitative estimate of drug-likeness (QED) is 0.806. The third-order valence-corrected chi connectivity index (χ3v) is 3.70. The van der Waals surface area contributed by atoms with Crippen molar-refractivity contribution in [3.8, 4) is 0 Å². The zero-order valence-corrected chi connectivity index (χ0v) is 9.97. The topological polar surface area (TPSA) is 37.9 Å². The lowest BCUT2D eigenvalue weighted by molar-refractivity contribution is -0.00693. The second-order valence-corrected chi connectivity index (χ2v) is 5.53. The van der Waals surface area contributed by atoms with E-state index in [4.69, 9.17) is 4.74 Å². The molecule has 78 valence electrons. The van der Waals surface area contributed by atoms with E-state index in [2.05, 4.69) is 44.1 Å². The molecule has 3 nitrogen and oxygen atoms in total. The number of aromatic amines is 1. The number of aryl methyl sites for hydroxylation is 1. The van der Waals surface area contributed by atoms with Gasteiger partial charge in [-0.2, -0.15) is 0 Å². The predicted octanol–water partition coefficient (Wildman–Crippen LogP) is 2.49. The summed E-state index contributed by atoms with van der Waals surface area (Å²) in [6, 6.07) is 6.31. The molecule has 4 heteroatoms. The molecule has 1 aromatic carbocycles. The van der Waals surface area contributed by atoms with Crippen molar-refractivity contribution in [1.29, 1.82) is 0 Å². The zero-order valence-electron chi connectivity index (χ0n) is 8.38. The summed E-state index contributed by atoms with van der Waals surface area (Å²) in [7, 11) is 0. The summed E-state index contributed by atoms with van der Waals surface area (Å²) in [5.74, 6) is 0.954. The van der Waals surface area contributed by atoms with Gasteiger partial charge in [-0.05, 0) is 24.6 Å². The lowest BCUT2D eigenvalue weighted by Crippen LogP contribution is -2.40. The maximum atomic E-state index is 5.24. The van der Waals surface area contributed by atoms with Crippen molar-refractivity contribution in [3.63, 3.8) is 0 Å². The molecule has 1 N–H and O–H groups in total. The predicted molar refractivity (Wildman–Crippen MR) is 62.3 cm³/mol. The number of hydrogen-bond acceptors (Lipinski definition) is 2. The van der Waals surface area contributed by atoms with Gasteiger partial charge in [0.05, 0.1) is 28.6 Å². The van der Waals surface area contributed by atoms with Crippen molar-refractivity contribution in [2.45, 2.75) is 11.2 Å². The zero-order chi connectivity index (χ0) is 10.5. The molecular formula is C11H11BrN2O. The van der Waals surface area contributed by atoms with E-state index < -0.39 is 0 Å². The Bertz CT molecular complexity index is 516. The van der Waals surface area contributed by atoms with Gasteiger partial charge >= 0.3 is 0 Å². The molecule has 1 aliphatic rings. The van der Waals surface area contributed by atoms with Gasteiger partial charge in [0.1, 0.15) is 5.82 Å². The van der Waals surface area contributed by atoms with Crippen molar-refractivity contribution in [2.75, 3.05) is 13.2 Å². The molecule has 0 saturated carbocycles. The van der Waals surface area contributed by atoms with Gasteiger partial charge in [-0.1, -0.05) is 22.0 Å².